The lowest BCUT2D eigenvalue weighted by Gasteiger charge is -2.32. The van der Waals surface area contributed by atoms with Crippen LogP contribution in [0.4, 0.5) is 13.2 Å². The van der Waals surface area contributed by atoms with Gasteiger partial charge in [-0.05, 0) is 40.2 Å². The summed E-state index contributed by atoms with van der Waals surface area (Å²) in [4.78, 5) is 12.1. The van der Waals surface area contributed by atoms with Crippen LogP contribution in [-0.2, 0) is 22.8 Å². The van der Waals surface area contributed by atoms with Crippen LogP contribution in [0.1, 0.15) is 50.5 Å². The van der Waals surface area contributed by atoms with E-state index in [4.69, 9.17) is 9.31 Å². The number of nitrogens with zero attached hydrogens (tertiary/aromatic N) is 1. The molecule has 1 aromatic carbocycles. The van der Waals surface area contributed by atoms with E-state index >= 15 is 0 Å². The predicted octanol–water partition coefficient (Wildman–Crippen LogP) is 3.78. The minimum absolute atomic E-state index is 0.0727. The maximum absolute atomic E-state index is 13.1. The molecule has 1 aliphatic heterocycles. The summed E-state index contributed by atoms with van der Waals surface area (Å²) in [5.41, 5.74) is 0.325. The maximum Gasteiger partial charge on any atom is 0.497 e. The Balaban J connectivity index is 2.23. The third-order valence-corrected chi connectivity index (χ3v) is 5.52. The van der Waals surface area contributed by atoms with Gasteiger partial charge in [-0.2, -0.15) is 13.2 Å². The van der Waals surface area contributed by atoms with E-state index in [0.717, 1.165) is 0 Å². The molecule has 0 N–H and O–H groups in total. The molecule has 1 aliphatic rings. The second-order valence-electron chi connectivity index (χ2n) is 8.13. The third-order valence-electron chi connectivity index (χ3n) is 5.52. The molecular formula is C19H23BF3NO3. The number of hydrogen-bond acceptors (Lipinski definition) is 3. The minimum atomic E-state index is -4.37. The number of hydrogen-bond donors (Lipinski definition) is 0. The topological polar surface area (TPSA) is 40.5 Å². The molecule has 3 rings (SSSR count). The Labute approximate surface area is 156 Å². The second-order valence-corrected chi connectivity index (χ2v) is 8.13. The van der Waals surface area contributed by atoms with Gasteiger partial charge < -0.3 is 13.9 Å². The van der Waals surface area contributed by atoms with Gasteiger partial charge in [0.25, 0.3) is 0 Å². The fraction of sp³-hybridized carbons (Fsp3) is 0.526. The van der Waals surface area contributed by atoms with E-state index in [1.165, 1.54) is 13.0 Å². The number of carbonyl (C=O) groups is 1. The smallest absolute Gasteiger partial charge is 0.399 e. The molecule has 0 aliphatic carbocycles. The summed E-state index contributed by atoms with van der Waals surface area (Å²) >= 11 is 0. The third kappa shape index (κ3) is 3.40. The van der Waals surface area contributed by atoms with Crippen LogP contribution in [0.15, 0.2) is 18.3 Å². The predicted molar refractivity (Wildman–Crippen MR) is 98.4 cm³/mol. The quantitative estimate of drug-likeness (QED) is 0.600. The first kappa shape index (κ1) is 20.0. The Hall–Kier alpha value is -1.80. The molecule has 1 fully saturated rings. The highest BCUT2D eigenvalue weighted by Crippen LogP contribution is 2.38. The zero-order chi connectivity index (χ0) is 20.4. The van der Waals surface area contributed by atoms with Gasteiger partial charge in [-0.25, -0.2) is 0 Å². The zero-order valence-corrected chi connectivity index (χ0v) is 16.3. The highest BCUT2D eigenvalue weighted by atomic mass is 19.4. The Morgan fingerprint density at radius 3 is 2.19 bits per heavy atom. The van der Waals surface area contributed by atoms with Crippen molar-refractivity contribution in [2.24, 2.45) is 7.05 Å². The van der Waals surface area contributed by atoms with Gasteiger partial charge in [-0.3, -0.25) is 4.79 Å². The van der Waals surface area contributed by atoms with Crippen LogP contribution >= 0.6 is 0 Å². The van der Waals surface area contributed by atoms with Crippen molar-refractivity contribution < 1.29 is 27.3 Å². The normalized spacial score (nSPS) is 19.1. The molecule has 0 bridgehead atoms. The second kappa shape index (κ2) is 6.11. The fourth-order valence-corrected chi connectivity index (χ4v) is 3.44. The van der Waals surface area contributed by atoms with Gasteiger partial charge in [0.15, 0.2) is 5.78 Å². The van der Waals surface area contributed by atoms with Crippen molar-refractivity contribution >= 4 is 29.3 Å². The van der Waals surface area contributed by atoms with Crippen molar-refractivity contribution in [1.29, 1.82) is 0 Å². The molecule has 0 atom stereocenters. The molecule has 0 radical (unpaired) electrons. The van der Waals surface area contributed by atoms with Crippen LogP contribution < -0.4 is 5.46 Å². The van der Waals surface area contributed by atoms with Crippen LogP contribution in [0.5, 0.6) is 0 Å². The molecule has 0 unspecified atom stereocenters. The van der Waals surface area contributed by atoms with Gasteiger partial charge in [0.1, 0.15) is 0 Å². The highest BCUT2D eigenvalue weighted by molar-refractivity contribution is 6.65. The van der Waals surface area contributed by atoms with Crippen molar-refractivity contribution in [2.75, 3.05) is 0 Å². The van der Waals surface area contributed by atoms with E-state index in [-0.39, 0.29) is 16.9 Å². The number of rotatable bonds is 3. The van der Waals surface area contributed by atoms with Gasteiger partial charge >= 0.3 is 13.3 Å². The largest absolute Gasteiger partial charge is 0.497 e. The number of Topliss-reactive ketones (excluding diaryl/α,β-unsaturated/α-hetero) is 1. The van der Waals surface area contributed by atoms with Crippen molar-refractivity contribution in [3.05, 3.63) is 29.5 Å². The van der Waals surface area contributed by atoms with Crippen molar-refractivity contribution in [3.63, 3.8) is 0 Å². The molecule has 1 aromatic heterocycles. The Morgan fingerprint density at radius 1 is 1.15 bits per heavy atom. The average Bonchev–Trinajstić information content (AvgIpc) is 2.93. The average molecular weight is 381 g/mol. The van der Waals surface area contributed by atoms with E-state index in [1.807, 2.05) is 27.7 Å². The van der Waals surface area contributed by atoms with Gasteiger partial charge in [0.05, 0.1) is 17.6 Å². The van der Waals surface area contributed by atoms with Crippen molar-refractivity contribution in [1.82, 2.24) is 4.57 Å². The van der Waals surface area contributed by atoms with E-state index < -0.39 is 30.9 Å². The summed E-state index contributed by atoms with van der Waals surface area (Å²) < 4.78 is 53.1. The van der Waals surface area contributed by atoms with Crippen LogP contribution in [-0.4, -0.2) is 34.8 Å². The molecule has 2 aromatic rings. The van der Waals surface area contributed by atoms with E-state index in [9.17, 15) is 18.0 Å². The van der Waals surface area contributed by atoms with Gasteiger partial charge in [-0.15, -0.1) is 0 Å². The highest BCUT2D eigenvalue weighted by Gasteiger charge is 2.52. The molecular weight excluding hydrogens is 358 g/mol. The van der Waals surface area contributed by atoms with Gasteiger partial charge in [0.2, 0.25) is 0 Å². The molecule has 0 spiro atoms. The lowest BCUT2D eigenvalue weighted by Crippen LogP contribution is -2.41. The SMILES string of the molecule is CC(=O)c1cn(C)c2c(B3OC(C)(C)C(C)(C)O3)ccc(CC(F)(F)F)c12. The molecule has 0 saturated carbocycles. The summed E-state index contributed by atoms with van der Waals surface area (Å²) in [5.74, 6) is -0.282. The van der Waals surface area contributed by atoms with Crippen LogP contribution in [0.25, 0.3) is 10.9 Å². The van der Waals surface area contributed by atoms with Crippen LogP contribution in [0.3, 0.4) is 0 Å². The zero-order valence-electron chi connectivity index (χ0n) is 16.3. The molecule has 4 nitrogen and oxygen atoms in total. The number of alkyl halides is 3. The summed E-state index contributed by atoms with van der Waals surface area (Å²) in [6, 6.07) is 3.03. The minimum Gasteiger partial charge on any atom is -0.399 e. The first-order valence-electron chi connectivity index (χ1n) is 8.77. The molecule has 146 valence electrons. The molecule has 2 heterocycles. The Bertz CT molecular complexity index is 899. The monoisotopic (exact) mass is 381 g/mol. The Morgan fingerprint density at radius 2 is 1.70 bits per heavy atom. The fourth-order valence-electron chi connectivity index (χ4n) is 3.44. The number of carbonyl (C=O) groups excluding carboxylic acids is 1. The lowest BCUT2D eigenvalue weighted by molar-refractivity contribution is -0.127. The standard InChI is InChI=1S/C19H23BF3NO3/c1-11(25)13-10-24(6)16-14(20-26-17(2,3)18(4,5)27-20)8-7-12(15(13)16)9-19(21,22)23/h7-8,10H,9H2,1-6H3. The van der Waals surface area contributed by atoms with E-state index in [1.54, 1.807) is 23.9 Å². The summed E-state index contributed by atoms with van der Waals surface area (Å²) in [6.07, 6.45) is -3.90. The molecule has 0 amide bonds. The molecule has 27 heavy (non-hydrogen) atoms. The number of aryl methyl sites for hydroxylation is 1. The molecule has 8 heteroatoms. The lowest BCUT2D eigenvalue weighted by atomic mass is 9.76. The van der Waals surface area contributed by atoms with E-state index in [2.05, 4.69) is 0 Å². The van der Waals surface area contributed by atoms with E-state index in [0.29, 0.717) is 16.4 Å². The van der Waals surface area contributed by atoms with Crippen molar-refractivity contribution in [2.45, 2.75) is 58.4 Å². The Kier molecular flexibility index (Phi) is 4.51. The van der Waals surface area contributed by atoms with Gasteiger partial charge in [-0.1, -0.05) is 12.1 Å². The number of ketones is 1. The first-order valence-corrected chi connectivity index (χ1v) is 8.77. The van der Waals surface area contributed by atoms with Crippen molar-refractivity contribution in [3.8, 4) is 0 Å². The van der Waals surface area contributed by atoms with Crippen LogP contribution in [0.2, 0.25) is 0 Å². The summed E-state index contributed by atoms with van der Waals surface area (Å²) in [6.45, 7) is 9.00. The summed E-state index contributed by atoms with van der Waals surface area (Å²) in [5, 5.41) is 0.314. The van der Waals surface area contributed by atoms with Crippen LogP contribution in [0, 0.1) is 0 Å². The summed E-state index contributed by atoms with van der Waals surface area (Å²) in [7, 11) is 0.979. The number of halogens is 3. The molecule has 1 saturated heterocycles. The van der Waals surface area contributed by atoms with Gasteiger partial charge in [0, 0.05) is 35.2 Å². The maximum atomic E-state index is 13.1. The number of fused-ring (bicyclic) bond motifs is 1. The number of benzene rings is 1. The number of aromatic nitrogens is 1. The first-order chi connectivity index (χ1) is 12.2.